The molecule has 0 unspecified atom stereocenters. The van der Waals surface area contributed by atoms with Crippen molar-refractivity contribution in [3.8, 4) is 0 Å². The van der Waals surface area contributed by atoms with Crippen molar-refractivity contribution in [2.75, 3.05) is 11.9 Å². The van der Waals surface area contributed by atoms with E-state index in [1.54, 1.807) is 36.4 Å². The lowest BCUT2D eigenvalue weighted by atomic mass is 9.77. The summed E-state index contributed by atoms with van der Waals surface area (Å²) in [5, 5.41) is 8.27. The van der Waals surface area contributed by atoms with Gasteiger partial charge in [0.1, 0.15) is 12.1 Å². The van der Waals surface area contributed by atoms with Crippen LogP contribution in [0.1, 0.15) is 48.7 Å². The van der Waals surface area contributed by atoms with Crippen molar-refractivity contribution < 1.29 is 23.6 Å². The van der Waals surface area contributed by atoms with E-state index in [1.165, 1.54) is 6.26 Å². The van der Waals surface area contributed by atoms with Crippen LogP contribution in [0.3, 0.4) is 0 Å². The molecule has 1 aromatic carbocycles. The summed E-state index contributed by atoms with van der Waals surface area (Å²) in [6.07, 6.45) is 4.38. The smallest absolute Gasteiger partial charge is 0.325 e. The third-order valence-corrected chi connectivity index (χ3v) is 6.09. The highest BCUT2D eigenvalue weighted by atomic mass is 16.3. The maximum atomic E-state index is 12.9. The SMILES string of the molecule is CC1CCC2(CC1)NC(=O)N(CC(=O)NCc1cccc(NC(=O)c3ccco3)c1)C2=O. The molecule has 0 radical (unpaired) electrons. The van der Waals surface area contributed by atoms with Gasteiger partial charge in [-0.2, -0.15) is 0 Å². The Morgan fingerprint density at radius 3 is 2.69 bits per heavy atom. The number of rotatable bonds is 6. The molecule has 9 heteroatoms. The average molecular weight is 438 g/mol. The van der Waals surface area contributed by atoms with Crippen LogP contribution in [-0.4, -0.2) is 40.7 Å². The van der Waals surface area contributed by atoms with E-state index in [0.717, 1.165) is 23.3 Å². The van der Waals surface area contributed by atoms with Crippen LogP contribution in [0.5, 0.6) is 0 Å². The topological polar surface area (TPSA) is 121 Å². The maximum Gasteiger partial charge on any atom is 0.325 e. The first-order chi connectivity index (χ1) is 15.4. The number of anilines is 1. The van der Waals surface area contributed by atoms with Crippen LogP contribution in [0.25, 0.3) is 0 Å². The number of carbonyl (C=O) groups is 4. The van der Waals surface area contributed by atoms with Gasteiger partial charge in [-0.1, -0.05) is 19.1 Å². The molecule has 9 nitrogen and oxygen atoms in total. The summed E-state index contributed by atoms with van der Waals surface area (Å²) in [6.45, 7) is 2.00. The van der Waals surface area contributed by atoms with Gasteiger partial charge in [0.25, 0.3) is 11.8 Å². The van der Waals surface area contributed by atoms with Gasteiger partial charge < -0.3 is 20.4 Å². The zero-order chi connectivity index (χ0) is 22.7. The quantitative estimate of drug-likeness (QED) is 0.599. The first-order valence-corrected chi connectivity index (χ1v) is 10.7. The summed E-state index contributed by atoms with van der Waals surface area (Å²) in [6, 6.07) is 9.69. The molecule has 0 atom stereocenters. The fourth-order valence-electron chi connectivity index (χ4n) is 4.17. The Kier molecular flexibility index (Phi) is 5.98. The van der Waals surface area contributed by atoms with Gasteiger partial charge in [0.15, 0.2) is 5.76 Å². The molecule has 5 amide bonds. The van der Waals surface area contributed by atoms with Crippen LogP contribution in [0.15, 0.2) is 47.1 Å². The molecular weight excluding hydrogens is 412 g/mol. The van der Waals surface area contributed by atoms with Crippen molar-refractivity contribution in [1.29, 1.82) is 0 Å². The van der Waals surface area contributed by atoms with Gasteiger partial charge in [0, 0.05) is 12.2 Å². The second-order valence-electron chi connectivity index (χ2n) is 8.49. The zero-order valence-electron chi connectivity index (χ0n) is 17.8. The number of amides is 5. The van der Waals surface area contributed by atoms with E-state index < -0.39 is 17.5 Å². The Morgan fingerprint density at radius 1 is 1.19 bits per heavy atom. The fraction of sp³-hybridized carbons (Fsp3) is 0.391. The Hall–Kier alpha value is -3.62. The fourth-order valence-corrected chi connectivity index (χ4v) is 4.17. The van der Waals surface area contributed by atoms with Crippen LogP contribution >= 0.6 is 0 Å². The van der Waals surface area contributed by atoms with E-state index in [-0.39, 0.29) is 30.7 Å². The molecule has 2 fully saturated rings. The molecule has 0 bridgehead atoms. The molecule has 2 aliphatic rings. The third-order valence-electron chi connectivity index (χ3n) is 6.09. The highest BCUT2D eigenvalue weighted by Crippen LogP contribution is 2.36. The molecule has 1 saturated carbocycles. The largest absolute Gasteiger partial charge is 0.459 e. The first-order valence-electron chi connectivity index (χ1n) is 10.7. The molecule has 1 saturated heterocycles. The molecule has 32 heavy (non-hydrogen) atoms. The minimum absolute atomic E-state index is 0.190. The molecule has 1 aliphatic carbocycles. The second kappa shape index (κ2) is 8.86. The predicted octanol–water partition coefficient (Wildman–Crippen LogP) is 2.65. The van der Waals surface area contributed by atoms with Gasteiger partial charge in [-0.05, 0) is 61.4 Å². The monoisotopic (exact) mass is 438 g/mol. The summed E-state index contributed by atoms with van der Waals surface area (Å²) in [5.74, 6) is -0.391. The third kappa shape index (κ3) is 4.51. The van der Waals surface area contributed by atoms with Crippen molar-refractivity contribution in [3.05, 3.63) is 54.0 Å². The van der Waals surface area contributed by atoms with Crippen LogP contribution in [0.2, 0.25) is 0 Å². The van der Waals surface area contributed by atoms with Crippen molar-refractivity contribution in [3.63, 3.8) is 0 Å². The molecular formula is C23H26N4O5. The van der Waals surface area contributed by atoms with Crippen molar-refractivity contribution in [2.45, 2.75) is 44.7 Å². The number of benzene rings is 1. The molecule has 2 heterocycles. The molecule has 1 aromatic heterocycles. The van der Waals surface area contributed by atoms with Gasteiger partial charge >= 0.3 is 6.03 Å². The summed E-state index contributed by atoms with van der Waals surface area (Å²) < 4.78 is 5.07. The minimum atomic E-state index is -0.857. The number of nitrogens with one attached hydrogen (secondary N) is 3. The van der Waals surface area contributed by atoms with E-state index >= 15 is 0 Å². The van der Waals surface area contributed by atoms with Crippen LogP contribution in [-0.2, 0) is 16.1 Å². The lowest BCUT2D eigenvalue weighted by Gasteiger charge is -2.33. The molecule has 4 rings (SSSR count). The lowest BCUT2D eigenvalue weighted by Crippen LogP contribution is -2.49. The van der Waals surface area contributed by atoms with Crippen molar-refractivity contribution >= 4 is 29.4 Å². The first kappa shape index (κ1) is 21.6. The number of nitrogens with zero attached hydrogens (tertiary/aromatic N) is 1. The van der Waals surface area contributed by atoms with E-state index in [2.05, 4.69) is 22.9 Å². The number of furan rings is 1. The Labute approximate surface area is 185 Å². The standard InChI is InChI=1S/C23H26N4O5/c1-15-7-9-23(10-8-15)21(30)27(22(31)26-23)14-19(28)24-13-16-4-2-5-17(12-16)25-20(29)18-6-3-11-32-18/h2-6,11-12,15H,7-10,13-14H2,1H3,(H,24,28)(H,25,29)(H,26,31). The van der Waals surface area contributed by atoms with Crippen LogP contribution in [0.4, 0.5) is 10.5 Å². The van der Waals surface area contributed by atoms with Gasteiger partial charge in [-0.3, -0.25) is 19.3 Å². The van der Waals surface area contributed by atoms with E-state index in [9.17, 15) is 19.2 Å². The summed E-state index contributed by atoms with van der Waals surface area (Å²) in [4.78, 5) is 50.8. The Bertz CT molecular complexity index is 1020. The predicted molar refractivity (Wildman–Crippen MR) is 116 cm³/mol. The van der Waals surface area contributed by atoms with Crippen molar-refractivity contribution in [2.24, 2.45) is 5.92 Å². The lowest BCUT2D eigenvalue weighted by molar-refractivity contribution is -0.136. The minimum Gasteiger partial charge on any atom is -0.459 e. The normalized spacial score (nSPS) is 22.7. The summed E-state index contributed by atoms with van der Waals surface area (Å²) >= 11 is 0. The molecule has 3 N–H and O–H groups in total. The number of urea groups is 1. The summed E-state index contributed by atoms with van der Waals surface area (Å²) in [5.41, 5.74) is 0.455. The van der Waals surface area contributed by atoms with E-state index in [0.29, 0.717) is 24.4 Å². The van der Waals surface area contributed by atoms with Gasteiger partial charge in [0.05, 0.1) is 6.26 Å². The number of hydrogen-bond acceptors (Lipinski definition) is 5. The molecule has 168 valence electrons. The number of imide groups is 1. The van der Waals surface area contributed by atoms with E-state index in [4.69, 9.17) is 4.42 Å². The summed E-state index contributed by atoms with van der Waals surface area (Å²) in [7, 11) is 0. The Morgan fingerprint density at radius 2 is 1.97 bits per heavy atom. The second-order valence-corrected chi connectivity index (χ2v) is 8.49. The van der Waals surface area contributed by atoms with E-state index in [1.807, 2.05) is 0 Å². The maximum absolute atomic E-state index is 12.9. The highest BCUT2D eigenvalue weighted by Gasteiger charge is 2.52. The average Bonchev–Trinajstić information content (AvgIpc) is 3.39. The highest BCUT2D eigenvalue weighted by molar-refractivity contribution is 6.09. The Balaban J connectivity index is 1.31. The number of hydrogen-bond donors (Lipinski definition) is 3. The van der Waals surface area contributed by atoms with Crippen LogP contribution < -0.4 is 16.0 Å². The zero-order valence-corrected chi connectivity index (χ0v) is 17.8. The van der Waals surface area contributed by atoms with Gasteiger partial charge in [-0.15, -0.1) is 0 Å². The molecule has 2 aromatic rings. The molecule has 1 spiro atoms. The number of carbonyl (C=O) groups excluding carboxylic acids is 4. The van der Waals surface area contributed by atoms with Gasteiger partial charge in [-0.25, -0.2) is 4.79 Å². The molecule has 1 aliphatic heterocycles. The van der Waals surface area contributed by atoms with Crippen molar-refractivity contribution in [1.82, 2.24) is 15.5 Å². The van der Waals surface area contributed by atoms with Crippen LogP contribution in [0, 0.1) is 5.92 Å². The van der Waals surface area contributed by atoms with Gasteiger partial charge in [0.2, 0.25) is 5.91 Å².